The van der Waals surface area contributed by atoms with Crippen LogP contribution in [-0.2, 0) is 6.42 Å². The summed E-state index contributed by atoms with van der Waals surface area (Å²) in [6, 6.07) is 13.9. The number of nitrogens with zero attached hydrogens (tertiary/aromatic N) is 2. The number of rotatable bonds is 7. The molecule has 4 aromatic rings. The average Bonchev–Trinajstić information content (AvgIpc) is 3.52. The maximum absolute atomic E-state index is 13.7. The zero-order valence-electron chi connectivity index (χ0n) is 22.3. The number of carbonyl (C=O) groups is 1. The van der Waals surface area contributed by atoms with Gasteiger partial charge in [0.25, 0.3) is 5.91 Å². The molecule has 7 nitrogen and oxygen atoms in total. The normalized spacial score (nSPS) is 12.5. The number of alkyl halides is 1. The summed E-state index contributed by atoms with van der Waals surface area (Å²) in [5.74, 6) is 2.01. The Labute approximate surface area is 222 Å². The Morgan fingerprint density at radius 3 is 2.51 bits per heavy atom. The fourth-order valence-electron chi connectivity index (χ4n) is 4.92. The summed E-state index contributed by atoms with van der Waals surface area (Å²) >= 11 is 4.64. The van der Waals surface area contributed by atoms with Crippen molar-refractivity contribution in [2.24, 2.45) is 0 Å². The SMILES string of the molecule is CCl.COc1cc2[nH]c(C(=O)N3CCc4c3cc(OC)c3cccc(C)c43)cc2cc1OCCN(C)C. The monoisotopic (exact) mass is 523 g/mol. The number of aromatic nitrogens is 1. The predicted octanol–water partition coefficient (Wildman–Crippen LogP) is 5.65. The van der Waals surface area contributed by atoms with Gasteiger partial charge in [-0.15, -0.1) is 11.6 Å². The third-order valence-corrected chi connectivity index (χ3v) is 6.69. The van der Waals surface area contributed by atoms with Crippen molar-refractivity contribution in [1.29, 1.82) is 0 Å². The molecule has 196 valence electrons. The highest BCUT2D eigenvalue weighted by atomic mass is 35.5. The zero-order chi connectivity index (χ0) is 26.7. The highest BCUT2D eigenvalue weighted by Gasteiger charge is 2.30. The van der Waals surface area contributed by atoms with Crippen LogP contribution in [0.1, 0.15) is 21.6 Å². The van der Waals surface area contributed by atoms with E-state index in [1.807, 2.05) is 49.3 Å². The average molecular weight is 524 g/mol. The molecule has 1 aliphatic rings. The van der Waals surface area contributed by atoms with Crippen LogP contribution >= 0.6 is 11.6 Å². The molecule has 1 aliphatic heterocycles. The molecule has 0 aliphatic carbocycles. The molecule has 0 bridgehead atoms. The van der Waals surface area contributed by atoms with Gasteiger partial charge in [0, 0.05) is 47.9 Å². The summed E-state index contributed by atoms with van der Waals surface area (Å²) in [4.78, 5) is 20.9. The van der Waals surface area contributed by atoms with E-state index in [9.17, 15) is 4.79 Å². The molecule has 37 heavy (non-hydrogen) atoms. The highest BCUT2D eigenvalue weighted by molar-refractivity contribution is 6.15. The van der Waals surface area contributed by atoms with Crippen LogP contribution in [0.15, 0.2) is 42.5 Å². The third kappa shape index (κ3) is 5.06. The van der Waals surface area contributed by atoms with Gasteiger partial charge in [0.1, 0.15) is 18.1 Å². The zero-order valence-corrected chi connectivity index (χ0v) is 23.0. The van der Waals surface area contributed by atoms with Gasteiger partial charge in [-0.2, -0.15) is 0 Å². The summed E-state index contributed by atoms with van der Waals surface area (Å²) in [7, 11) is 7.30. The van der Waals surface area contributed by atoms with E-state index in [-0.39, 0.29) is 5.91 Å². The number of nitrogens with one attached hydrogen (secondary N) is 1. The number of fused-ring (bicyclic) bond motifs is 4. The second-order valence-corrected chi connectivity index (χ2v) is 9.21. The number of aromatic amines is 1. The van der Waals surface area contributed by atoms with E-state index in [1.54, 1.807) is 14.2 Å². The number of halogens is 1. The lowest BCUT2D eigenvalue weighted by Crippen LogP contribution is -2.29. The lowest BCUT2D eigenvalue weighted by Gasteiger charge is -2.19. The molecule has 0 saturated carbocycles. The second-order valence-electron chi connectivity index (χ2n) is 9.21. The first-order chi connectivity index (χ1) is 17.9. The van der Waals surface area contributed by atoms with Crippen molar-refractivity contribution in [2.45, 2.75) is 13.3 Å². The van der Waals surface area contributed by atoms with Gasteiger partial charge in [0.2, 0.25) is 0 Å². The molecule has 2 heterocycles. The van der Waals surface area contributed by atoms with Crippen LogP contribution in [0.4, 0.5) is 5.69 Å². The van der Waals surface area contributed by atoms with E-state index >= 15 is 0 Å². The van der Waals surface area contributed by atoms with E-state index in [2.05, 4.69) is 40.5 Å². The first-order valence-corrected chi connectivity index (χ1v) is 12.9. The Bertz CT molecular complexity index is 1430. The predicted molar refractivity (Wildman–Crippen MR) is 151 cm³/mol. The third-order valence-electron chi connectivity index (χ3n) is 6.69. The fourth-order valence-corrected chi connectivity index (χ4v) is 4.92. The summed E-state index contributed by atoms with van der Waals surface area (Å²) in [6.07, 6.45) is 2.28. The van der Waals surface area contributed by atoms with Gasteiger partial charge in [-0.1, -0.05) is 18.2 Å². The van der Waals surface area contributed by atoms with Crippen molar-refractivity contribution < 1.29 is 19.0 Å². The van der Waals surface area contributed by atoms with Gasteiger partial charge in [-0.25, -0.2) is 0 Å². The summed E-state index contributed by atoms with van der Waals surface area (Å²) < 4.78 is 17.2. The van der Waals surface area contributed by atoms with Crippen molar-refractivity contribution in [3.63, 3.8) is 0 Å². The van der Waals surface area contributed by atoms with Crippen LogP contribution in [0.2, 0.25) is 0 Å². The first-order valence-electron chi connectivity index (χ1n) is 12.2. The maximum atomic E-state index is 13.7. The molecule has 0 radical (unpaired) electrons. The maximum Gasteiger partial charge on any atom is 0.274 e. The fraction of sp³-hybridized carbons (Fsp3) is 0.345. The Kier molecular flexibility index (Phi) is 8.15. The van der Waals surface area contributed by atoms with Crippen LogP contribution in [0.5, 0.6) is 17.2 Å². The van der Waals surface area contributed by atoms with Crippen LogP contribution in [0.25, 0.3) is 21.7 Å². The standard InChI is InChI=1S/C28H31N3O4.CH3Cl/c1-17-7-6-8-20-24(33-4)16-23-19(27(17)20)9-10-31(23)28(32)22-13-18-14-26(35-12-11-30(2)3)25(34-5)15-21(18)29-22;1-2/h6-8,13-16,29H,9-12H2,1-5H3;1H3. The minimum absolute atomic E-state index is 0.0658. The Balaban J connectivity index is 0.00000156. The van der Waals surface area contributed by atoms with Crippen molar-refractivity contribution in [1.82, 2.24) is 9.88 Å². The van der Waals surface area contributed by atoms with E-state index in [0.29, 0.717) is 30.3 Å². The van der Waals surface area contributed by atoms with E-state index in [1.165, 1.54) is 22.9 Å². The molecule has 0 saturated heterocycles. The Hall–Kier alpha value is -3.42. The number of likely N-dealkylation sites (N-methyl/N-ethyl adjacent to an activating group) is 1. The van der Waals surface area contributed by atoms with E-state index < -0.39 is 0 Å². The number of benzene rings is 3. The molecule has 0 atom stereocenters. The molecule has 3 aromatic carbocycles. The van der Waals surface area contributed by atoms with Crippen molar-refractivity contribution >= 4 is 44.9 Å². The number of H-pyrrole nitrogens is 1. The lowest BCUT2D eigenvalue weighted by atomic mass is 9.97. The van der Waals surface area contributed by atoms with Crippen molar-refractivity contribution in [3.8, 4) is 17.2 Å². The minimum Gasteiger partial charge on any atom is -0.496 e. The molecular formula is C29H34ClN3O4. The molecule has 1 aromatic heterocycles. The molecule has 1 amide bonds. The highest BCUT2D eigenvalue weighted by Crippen LogP contribution is 2.42. The van der Waals surface area contributed by atoms with Crippen molar-refractivity contribution in [2.75, 3.05) is 59.3 Å². The number of ether oxygens (including phenoxy) is 3. The van der Waals surface area contributed by atoms with Crippen LogP contribution in [0, 0.1) is 6.92 Å². The van der Waals surface area contributed by atoms with Gasteiger partial charge < -0.3 is 29.0 Å². The molecular weight excluding hydrogens is 490 g/mol. The number of methoxy groups -OCH3 is 2. The molecule has 0 spiro atoms. The van der Waals surface area contributed by atoms with Gasteiger partial charge in [0.15, 0.2) is 11.5 Å². The lowest BCUT2D eigenvalue weighted by molar-refractivity contribution is 0.0985. The van der Waals surface area contributed by atoms with Crippen LogP contribution in [0.3, 0.4) is 0 Å². The first kappa shape index (κ1) is 26.6. The Morgan fingerprint density at radius 2 is 1.81 bits per heavy atom. The van der Waals surface area contributed by atoms with E-state index in [4.69, 9.17) is 14.2 Å². The van der Waals surface area contributed by atoms with Crippen molar-refractivity contribution in [3.05, 3.63) is 59.3 Å². The largest absolute Gasteiger partial charge is 0.496 e. The number of hydrogen-bond donors (Lipinski definition) is 1. The van der Waals surface area contributed by atoms with Gasteiger partial charge in [-0.05, 0) is 56.1 Å². The minimum atomic E-state index is -0.0658. The van der Waals surface area contributed by atoms with Crippen LogP contribution < -0.4 is 19.1 Å². The second kappa shape index (κ2) is 11.3. The smallest absolute Gasteiger partial charge is 0.274 e. The Morgan fingerprint density at radius 1 is 1.05 bits per heavy atom. The van der Waals surface area contributed by atoms with Gasteiger partial charge in [0.05, 0.1) is 19.9 Å². The topological polar surface area (TPSA) is 67.0 Å². The van der Waals surface area contributed by atoms with E-state index in [0.717, 1.165) is 40.7 Å². The number of hydrogen-bond acceptors (Lipinski definition) is 5. The molecule has 8 heteroatoms. The quantitative estimate of drug-likeness (QED) is 0.317. The van der Waals surface area contributed by atoms with Crippen LogP contribution in [-0.4, -0.2) is 70.2 Å². The number of carbonyl (C=O) groups excluding carboxylic acids is 1. The summed E-state index contributed by atoms with van der Waals surface area (Å²) in [6.45, 7) is 4.08. The number of aryl methyl sites for hydroxylation is 1. The van der Waals surface area contributed by atoms with Gasteiger partial charge in [-0.3, -0.25) is 4.79 Å². The molecule has 1 N–H and O–H groups in total. The summed E-state index contributed by atoms with van der Waals surface area (Å²) in [5, 5.41) is 3.17. The number of anilines is 1. The molecule has 0 fully saturated rings. The molecule has 5 rings (SSSR count). The molecule has 0 unspecified atom stereocenters. The van der Waals surface area contributed by atoms with Gasteiger partial charge >= 0.3 is 0 Å². The summed E-state index contributed by atoms with van der Waals surface area (Å²) in [5.41, 5.74) is 4.66. The number of amides is 1.